The molecule has 1 unspecified atom stereocenters. The van der Waals surface area contributed by atoms with E-state index in [-0.39, 0.29) is 24.0 Å². The molecular weight excluding hydrogens is 330 g/mol. The Morgan fingerprint density at radius 3 is 2.19 bits per heavy atom. The van der Waals surface area contributed by atoms with Crippen LogP contribution in [0.15, 0.2) is 54.6 Å². The number of phenols is 1. The highest BCUT2D eigenvalue weighted by molar-refractivity contribution is 6.22. The number of amides is 2. The van der Waals surface area contributed by atoms with E-state index in [2.05, 4.69) is 9.80 Å². The largest absolute Gasteiger partial charge is 0.506 e. The molecule has 2 aromatic carbocycles. The Morgan fingerprint density at radius 1 is 0.846 bits per heavy atom. The summed E-state index contributed by atoms with van der Waals surface area (Å²) in [6.45, 7) is 2.78. The van der Waals surface area contributed by atoms with Crippen LogP contribution in [0.4, 0.5) is 11.4 Å². The SMILES string of the molecule is O=C1CC(N2CCN(c3ccccc3O)CC2)C(=O)N1c1ccccc1. The van der Waals surface area contributed by atoms with Gasteiger partial charge in [-0.2, -0.15) is 0 Å². The Bertz CT molecular complexity index is 816. The summed E-state index contributed by atoms with van der Waals surface area (Å²) in [6, 6.07) is 16.0. The van der Waals surface area contributed by atoms with Crippen molar-refractivity contribution in [1.29, 1.82) is 0 Å². The molecule has 4 rings (SSSR count). The van der Waals surface area contributed by atoms with Crippen LogP contribution in [-0.2, 0) is 9.59 Å². The molecule has 0 aliphatic carbocycles. The van der Waals surface area contributed by atoms with Gasteiger partial charge in [-0.25, -0.2) is 4.90 Å². The summed E-state index contributed by atoms with van der Waals surface area (Å²) < 4.78 is 0. The molecule has 2 aromatic rings. The maximum atomic E-state index is 12.8. The molecule has 2 saturated heterocycles. The number of aromatic hydroxyl groups is 1. The third kappa shape index (κ3) is 2.93. The second kappa shape index (κ2) is 6.80. The average Bonchev–Trinajstić information content (AvgIpc) is 2.97. The van der Waals surface area contributed by atoms with Gasteiger partial charge in [-0.15, -0.1) is 0 Å². The lowest BCUT2D eigenvalue weighted by molar-refractivity contribution is -0.123. The van der Waals surface area contributed by atoms with Gasteiger partial charge in [0.05, 0.1) is 23.8 Å². The van der Waals surface area contributed by atoms with Gasteiger partial charge in [0, 0.05) is 26.2 Å². The maximum Gasteiger partial charge on any atom is 0.251 e. The van der Waals surface area contributed by atoms with Crippen molar-refractivity contribution in [3.05, 3.63) is 54.6 Å². The Kier molecular flexibility index (Phi) is 4.34. The third-order valence-electron chi connectivity index (χ3n) is 5.11. The second-order valence-electron chi connectivity index (χ2n) is 6.63. The fourth-order valence-electron chi connectivity index (χ4n) is 3.76. The van der Waals surface area contributed by atoms with Crippen LogP contribution in [-0.4, -0.2) is 54.0 Å². The molecule has 6 nitrogen and oxygen atoms in total. The van der Waals surface area contributed by atoms with Gasteiger partial charge in [-0.3, -0.25) is 14.5 Å². The molecule has 2 aliphatic rings. The first kappa shape index (κ1) is 16.6. The van der Waals surface area contributed by atoms with Crippen LogP contribution in [0, 0.1) is 0 Å². The molecule has 0 saturated carbocycles. The fraction of sp³-hybridized carbons (Fsp3) is 0.300. The minimum absolute atomic E-state index is 0.141. The van der Waals surface area contributed by atoms with Crippen molar-refractivity contribution in [3.63, 3.8) is 0 Å². The van der Waals surface area contributed by atoms with Gasteiger partial charge in [-0.1, -0.05) is 30.3 Å². The van der Waals surface area contributed by atoms with Crippen LogP contribution in [0.2, 0.25) is 0 Å². The Balaban J connectivity index is 1.44. The van der Waals surface area contributed by atoms with E-state index in [1.807, 2.05) is 30.3 Å². The molecule has 0 aromatic heterocycles. The first-order valence-electron chi connectivity index (χ1n) is 8.84. The van der Waals surface area contributed by atoms with Crippen LogP contribution in [0.5, 0.6) is 5.75 Å². The highest BCUT2D eigenvalue weighted by Gasteiger charge is 2.43. The van der Waals surface area contributed by atoms with Crippen LogP contribution >= 0.6 is 0 Å². The molecule has 0 bridgehead atoms. The predicted molar refractivity (Wildman–Crippen MR) is 99.2 cm³/mol. The number of anilines is 2. The van der Waals surface area contributed by atoms with Gasteiger partial charge in [0.2, 0.25) is 5.91 Å². The number of phenolic OH excluding ortho intramolecular Hbond substituents is 1. The Morgan fingerprint density at radius 2 is 1.50 bits per heavy atom. The van der Waals surface area contributed by atoms with E-state index in [0.717, 1.165) is 5.69 Å². The van der Waals surface area contributed by atoms with E-state index in [4.69, 9.17) is 0 Å². The molecule has 2 aliphatic heterocycles. The van der Waals surface area contributed by atoms with E-state index >= 15 is 0 Å². The molecule has 26 heavy (non-hydrogen) atoms. The van der Waals surface area contributed by atoms with E-state index < -0.39 is 6.04 Å². The number of hydrogen-bond acceptors (Lipinski definition) is 5. The summed E-state index contributed by atoms with van der Waals surface area (Å²) in [6.07, 6.45) is 0.227. The van der Waals surface area contributed by atoms with Crippen LogP contribution < -0.4 is 9.80 Å². The molecule has 2 fully saturated rings. The van der Waals surface area contributed by atoms with Gasteiger partial charge in [0.15, 0.2) is 0 Å². The van der Waals surface area contributed by atoms with Crippen molar-refractivity contribution in [2.45, 2.75) is 12.5 Å². The number of carbonyl (C=O) groups excluding carboxylic acids is 2. The zero-order valence-corrected chi connectivity index (χ0v) is 14.4. The Hall–Kier alpha value is -2.86. The molecule has 1 N–H and O–H groups in total. The number of piperazine rings is 1. The monoisotopic (exact) mass is 351 g/mol. The summed E-state index contributed by atoms with van der Waals surface area (Å²) in [5.74, 6) is -0.0186. The minimum Gasteiger partial charge on any atom is -0.506 e. The minimum atomic E-state index is -0.394. The van der Waals surface area contributed by atoms with E-state index in [9.17, 15) is 14.7 Å². The lowest BCUT2D eigenvalue weighted by atomic mass is 10.1. The van der Waals surface area contributed by atoms with Crippen molar-refractivity contribution in [1.82, 2.24) is 4.90 Å². The first-order chi connectivity index (χ1) is 12.6. The van der Waals surface area contributed by atoms with Crippen molar-refractivity contribution in [3.8, 4) is 5.75 Å². The maximum absolute atomic E-state index is 12.8. The summed E-state index contributed by atoms with van der Waals surface area (Å²) in [7, 11) is 0. The van der Waals surface area contributed by atoms with E-state index in [1.54, 1.807) is 24.3 Å². The van der Waals surface area contributed by atoms with E-state index in [1.165, 1.54) is 4.90 Å². The van der Waals surface area contributed by atoms with Gasteiger partial charge in [0.1, 0.15) is 5.75 Å². The van der Waals surface area contributed by atoms with Gasteiger partial charge in [0.25, 0.3) is 5.91 Å². The zero-order valence-electron chi connectivity index (χ0n) is 14.4. The fourth-order valence-corrected chi connectivity index (χ4v) is 3.76. The molecule has 2 heterocycles. The van der Waals surface area contributed by atoms with E-state index in [0.29, 0.717) is 31.9 Å². The summed E-state index contributed by atoms with van der Waals surface area (Å²) >= 11 is 0. The number of hydrogen-bond donors (Lipinski definition) is 1. The lowest BCUT2D eigenvalue weighted by Crippen LogP contribution is -2.52. The highest BCUT2D eigenvalue weighted by Crippen LogP contribution is 2.29. The molecule has 0 radical (unpaired) electrons. The van der Waals surface area contributed by atoms with Gasteiger partial charge in [-0.05, 0) is 24.3 Å². The van der Waals surface area contributed by atoms with Crippen molar-refractivity contribution < 1.29 is 14.7 Å². The molecule has 0 spiro atoms. The van der Waals surface area contributed by atoms with Crippen molar-refractivity contribution in [2.75, 3.05) is 36.0 Å². The van der Waals surface area contributed by atoms with Crippen molar-refractivity contribution >= 4 is 23.2 Å². The standard InChI is InChI=1S/C20H21N3O3/c24-18-9-5-4-8-16(18)21-10-12-22(13-11-21)17-14-19(25)23(20(17)26)15-6-2-1-3-7-15/h1-9,17,24H,10-14H2. The predicted octanol–water partition coefficient (Wildman–Crippen LogP) is 1.85. The molecule has 1 atom stereocenters. The Labute approximate surface area is 152 Å². The average molecular weight is 351 g/mol. The number of rotatable bonds is 3. The molecular formula is C20H21N3O3. The van der Waals surface area contributed by atoms with Gasteiger partial charge >= 0.3 is 0 Å². The summed E-state index contributed by atoms with van der Waals surface area (Å²) in [5, 5.41) is 10.0. The normalized spacial score (nSPS) is 21.5. The highest BCUT2D eigenvalue weighted by atomic mass is 16.3. The van der Waals surface area contributed by atoms with Crippen LogP contribution in [0.3, 0.4) is 0 Å². The van der Waals surface area contributed by atoms with Crippen LogP contribution in [0.1, 0.15) is 6.42 Å². The second-order valence-corrected chi connectivity index (χ2v) is 6.63. The van der Waals surface area contributed by atoms with Crippen LogP contribution in [0.25, 0.3) is 0 Å². The number of para-hydroxylation sites is 3. The quantitative estimate of drug-likeness (QED) is 0.855. The smallest absolute Gasteiger partial charge is 0.251 e. The van der Waals surface area contributed by atoms with Crippen molar-refractivity contribution in [2.24, 2.45) is 0 Å². The molecule has 6 heteroatoms. The third-order valence-corrected chi connectivity index (χ3v) is 5.11. The number of nitrogens with zero attached hydrogens (tertiary/aromatic N) is 3. The summed E-state index contributed by atoms with van der Waals surface area (Å²) in [4.78, 5) is 30.7. The topological polar surface area (TPSA) is 64.1 Å². The molecule has 134 valence electrons. The summed E-state index contributed by atoms with van der Waals surface area (Å²) in [5.41, 5.74) is 1.45. The first-order valence-corrected chi connectivity index (χ1v) is 8.84. The number of imide groups is 1. The zero-order chi connectivity index (χ0) is 18.1. The van der Waals surface area contributed by atoms with Gasteiger partial charge < -0.3 is 10.0 Å². The molecule has 2 amide bonds. The lowest BCUT2D eigenvalue weighted by Gasteiger charge is -2.38. The number of carbonyl (C=O) groups is 2. The number of benzene rings is 2.